The second-order valence-electron chi connectivity index (χ2n) is 5.93. The standard InChI is InChI=1S/C17H26BrN3O2/c1-13-12-15(6-7-16(13)18)19-17(23)8-11-21(14(2)22)10-5-9-20(3)4/h6-7,12H,5,8-11H2,1-4H3,(H,19,23). The lowest BCUT2D eigenvalue weighted by molar-refractivity contribution is -0.129. The van der Waals surface area contributed by atoms with Crippen LogP contribution in [-0.4, -0.2) is 55.3 Å². The summed E-state index contributed by atoms with van der Waals surface area (Å²) in [5.74, 6) is -0.0679. The van der Waals surface area contributed by atoms with Crippen LogP contribution in [0.2, 0.25) is 0 Å². The van der Waals surface area contributed by atoms with E-state index in [1.165, 1.54) is 0 Å². The van der Waals surface area contributed by atoms with Crippen LogP contribution in [0.25, 0.3) is 0 Å². The van der Waals surface area contributed by atoms with Gasteiger partial charge in [0.05, 0.1) is 0 Å². The Labute approximate surface area is 147 Å². The van der Waals surface area contributed by atoms with E-state index in [-0.39, 0.29) is 11.8 Å². The van der Waals surface area contributed by atoms with E-state index in [4.69, 9.17) is 0 Å². The number of benzene rings is 1. The van der Waals surface area contributed by atoms with Crippen LogP contribution in [-0.2, 0) is 9.59 Å². The summed E-state index contributed by atoms with van der Waals surface area (Å²) >= 11 is 3.44. The second-order valence-corrected chi connectivity index (χ2v) is 6.78. The summed E-state index contributed by atoms with van der Waals surface area (Å²) in [6.45, 7) is 5.57. The highest BCUT2D eigenvalue weighted by Gasteiger charge is 2.11. The third kappa shape index (κ3) is 7.61. The van der Waals surface area contributed by atoms with E-state index in [1.54, 1.807) is 11.8 Å². The Kier molecular flexibility index (Phi) is 8.26. The number of hydrogen-bond acceptors (Lipinski definition) is 3. The third-order valence-electron chi connectivity index (χ3n) is 3.53. The quantitative estimate of drug-likeness (QED) is 0.750. The van der Waals surface area contributed by atoms with Crippen LogP contribution in [0.1, 0.15) is 25.3 Å². The molecule has 23 heavy (non-hydrogen) atoms. The molecular formula is C17H26BrN3O2. The Hall–Kier alpha value is -1.40. The third-order valence-corrected chi connectivity index (χ3v) is 4.42. The molecule has 0 aliphatic rings. The minimum atomic E-state index is -0.0782. The maximum absolute atomic E-state index is 12.0. The van der Waals surface area contributed by atoms with Gasteiger partial charge in [-0.25, -0.2) is 0 Å². The molecule has 0 heterocycles. The zero-order chi connectivity index (χ0) is 17.4. The van der Waals surface area contributed by atoms with Crippen molar-refractivity contribution in [2.24, 2.45) is 0 Å². The van der Waals surface area contributed by atoms with Gasteiger partial charge in [0.25, 0.3) is 0 Å². The summed E-state index contributed by atoms with van der Waals surface area (Å²) in [7, 11) is 4.01. The van der Waals surface area contributed by atoms with Gasteiger partial charge in [-0.15, -0.1) is 0 Å². The number of amides is 2. The number of hydrogen-bond donors (Lipinski definition) is 1. The molecule has 6 heteroatoms. The number of rotatable bonds is 8. The first-order chi connectivity index (χ1) is 10.8. The lowest BCUT2D eigenvalue weighted by Crippen LogP contribution is -2.34. The molecule has 0 aromatic heterocycles. The van der Waals surface area contributed by atoms with Gasteiger partial charge in [-0.2, -0.15) is 0 Å². The monoisotopic (exact) mass is 383 g/mol. The van der Waals surface area contributed by atoms with Crippen LogP contribution in [0, 0.1) is 6.92 Å². The van der Waals surface area contributed by atoms with Crippen LogP contribution >= 0.6 is 15.9 Å². The first kappa shape index (κ1) is 19.6. The Bertz CT molecular complexity index is 547. The largest absolute Gasteiger partial charge is 0.342 e. The molecule has 0 radical (unpaired) electrons. The molecule has 5 nitrogen and oxygen atoms in total. The summed E-state index contributed by atoms with van der Waals surface area (Å²) in [5.41, 5.74) is 1.84. The summed E-state index contributed by atoms with van der Waals surface area (Å²) in [6.07, 6.45) is 1.21. The molecule has 0 saturated carbocycles. The molecule has 0 aliphatic carbocycles. The summed E-state index contributed by atoms with van der Waals surface area (Å²) in [6, 6.07) is 5.69. The van der Waals surface area contributed by atoms with Crippen molar-refractivity contribution in [1.29, 1.82) is 0 Å². The molecule has 0 saturated heterocycles. The van der Waals surface area contributed by atoms with Crippen molar-refractivity contribution in [3.63, 3.8) is 0 Å². The minimum absolute atomic E-state index is 0.0102. The van der Waals surface area contributed by atoms with Crippen molar-refractivity contribution < 1.29 is 9.59 Å². The molecule has 0 atom stereocenters. The van der Waals surface area contributed by atoms with Gasteiger partial charge in [0, 0.05) is 36.6 Å². The molecule has 0 fully saturated rings. The SMILES string of the molecule is CC(=O)N(CCCN(C)C)CCC(=O)Nc1ccc(Br)c(C)c1. The molecule has 1 aromatic rings. The maximum atomic E-state index is 12.0. The van der Waals surface area contributed by atoms with Gasteiger partial charge >= 0.3 is 0 Å². The normalized spacial score (nSPS) is 10.7. The van der Waals surface area contributed by atoms with Crippen molar-refractivity contribution in [1.82, 2.24) is 9.80 Å². The molecule has 1 rings (SSSR count). The number of carbonyl (C=O) groups excluding carboxylic acids is 2. The average molecular weight is 384 g/mol. The smallest absolute Gasteiger partial charge is 0.226 e. The number of carbonyl (C=O) groups is 2. The number of nitrogens with zero attached hydrogens (tertiary/aromatic N) is 2. The second kappa shape index (κ2) is 9.67. The highest BCUT2D eigenvalue weighted by atomic mass is 79.9. The number of aryl methyl sites for hydroxylation is 1. The van der Waals surface area contributed by atoms with Gasteiger partial charge in [0.15, 0.2) is 0 Å². The first-order valence-corrected chi connectivity index (χ1v) is 8.55. The van der Waals surface area contributed by atoms with Crippen LogP contribution in [0.3, 0.4) is 0 Å². The van der Waals surface area contributed by atoms with E-state index in [0.717, 1.165) is 28.7 Å². The lowest BCUT2D eigenvalue weighted by Gasteiger charge is -2.21. The van der Waals surface area contributed by atoms with Crippen LogP contribution in [0.4, 0.5) is 5.69 Å². The first-order valence-electron chi connectivity index (χ1n) is 7.76. The lowest BCUT2D eigenvalue weighted by atomic mass is 10.2. The van der Waals surface area contributed by atoms with Gasteiger partial charge in [-0.1, -0.05) is 15.9 Å². The number of halogens is 1. The van der Waals surface area contributed by atoms with Crippen molar-refractivity contribution in [3.05, 3.63) is 28.2 Å². The van der Waals surface area contributed by atoms with E-state index in [1.807, 2.05) is 39.2 Å². The highest BCUT2D eigenvalue weighted by molar-refractivity contribution is 9.10. The predicted molar refractivity (Wildman–Crippen MR) is 97.6 cm³/mol. The Morgan fingerprint density at radius 1 is 1.17 bits per heavy atom. The Morgan fingerprint density at radius 3 is 2.43 bits per heavy atom. The van der Waals surface area contributed by atoms with Crippen molar-refractivity contribution >= 4 is 33.4 Å². The molecule has 2 amide bonds. The summed E-state index contributed by atoms with van der Waals surface area (Å²) in [5, 5.41) is 2.87. The van der Waals surface area contributed by atoms with Crippen molar-refractivity contribution in [2.75, 3.05) is 39.0 Å². The van der Waals surface area contributed by atoms with Gasteiger partial charge in [0.2, 0.25) is 11.8 Å². The summed E-state index contributed by atoms with van der Waals surface area (Å²) < 4.78 is 1.01. The molecule has 0 aliphatic heterocycles. The molecule has 1 aromatic carbocycles. The fourth-order valence-electron chi connectivity index (χ4n) is 2.19. The molecule has 0 spiro atoms. The fourth-order valence-corrected chi connectivity index (χ4v) is 2.43. The van der Waals surface area contributed by atoms with E-state index in [0.29, 0.717) is 19.5 Å². The zero-order valence-corrected chi connectivity index (χ0v) is 15.9. The van der Waals surface area contributed by atoms with Crippen LogP contribution in [0.15, 0.2) is 22.7 Å². The highest BCUT2D eigenvalue weighted by Crippen LogP contribution is 2.20. The predicted octanol–water partition coefficient (Wildman–Crippen LogP) is 2.89. The van der Waals surface area contributed by atoms with Crippen LogP contribution in [0.5, 0.6) is 0 Å². The van der Waals surface area contributed by atoms with E-state index in [2.05, 4.69) is 26.1 Å². The van der Waals surface area contributed by atoms with Crippen molar-refractivity contribution in [3.8, 4) is 0 Å². The summed E-state index contributed by atoms with van der Waals surface area (Å²) in [4.78, 5) is 27.5. The van der Waals surface area contributed by atoms with E-state index >= 15 is 0 Å². The molecular weight excluding hydrogens is 358 g/mol. The number of nitrogens with one attached hydrogen (secondary N) is 1. The molecule has 1 N–H and O–H groups in total. The van der Waals surface area contributed by atoms with Gasteiger partial charge in [-0.05, 0) is 57.7 Å². The molecule has 128 valence electrons. The van der Waals surface area contributed by atoms with Gasteiger partial charge in [0.1, 0.15) is 0 Å². The van der Waals surface area contributed by atoms with E-state index < -0.39 is 0 Å². The van der Waals surface area contributed by atoms with Crippen LogP contribution < -0.4 is 5.32 Å². The fraction of sp³-hybridized carbons (Fsp3) is 0.529. The van der Waals surface area contributed by atoms with E-state index in [9.17, 15) is 9.59 Å². The zero-order valence-electron chi connectivity index (χ0n) is 14.4. The molecule has 0 bridgehead atoms. The number of anilines is 1. The van der Waals surface area contributed by atoms with Gasteiger partial charge < -0.3 is 15.1 Å². The topological polar surface area (TPSA) is 52.7 Å². The Balaban J connectivity index is 2.45. The average Bonchev–Trinajstić information content (AvgIpc) is 2.45. The van der Waals surface area contributed by atoms with Crippen molar-refractivity contribution in [2.45, 2.75) is 26.7 Å². The van der Waals surface area contributed by atoms with Gasteiger partial charge in [-0.3, -0.25) is 9.59 Å². The minimum Gasteiger partial charge on any atom is -0.342 e. The Morgan fingerprint density at radius 2 is 1.87 bits per heavy atom. The maximum Gasteiger partial charge on any atom is 0.226 e. The molecule has 0 unspecified atom stereocenters.